The molecule has 18 heavy (non-hydrogen) atoms. The Bertz CT molecular complexity index is 401. The lowest BCUT2D eigenvalue weighted by Crippen LogP contribution is -2.41. The van der Waals surface area contributed by atoms with E-state index in [1.165, 1.54) is 0 Å². The lowest BCUT2D eigenvalue weighted by atomic mass is 10.1. The van der Waals surface area contributed by atoms with Crippen LogP contribution in [0.3, 0.4) is 0 Å². The maximum atomic E-state index is 12.0. The first kappa shape index (κ1) is 14.5. The molecule has 0 aliphatic heterocycles. The minimum Gasteiger partial charge on any atom is -0.395 e. The standard InChI is InChI=1S/C12H22N4O2/c1-4-5-8-10(13)11(16-15-8)12(18)14-9(6-17)7(2)3/h7,9,17H,4-6,13H2,1-3H3,(H,14,18)(H,15,16). The fraction of sp³-hybridized carbons (Fsp3) is 0.667. The molecule has 1 aromatic heterocycles. The summed E-state index contributed by atoms with van der Waals surface area (Å²) in [7, 11) is 0. The van der Waals surface area contributed by atoms with Gasteiger partial charge in [0.05, 0.1) is 24.0 Å². The normalized spacial score (nSPS) is 12.7. The van der Waals surface area contributed by atoms with Crippen molar-refractivity contribution in [1.82, 2.24) is 15.5 Å². The van der Waals surface area contributed by atoms with Crippen LogP contribution in [0.2, 0.25) is 0 Å². The average molecular weight is 254 g/mol. The Morgan fingerprint density at radius 3 is 2.72 bits per heavy atom. The largest absolute Gasteiger partial charge is 0.395 e. The van der Waals surface area contributed by atoms with E-state index in [1.807, 2.05) is 20.8 Å². The number of nitrogens with one attached hydrogen (secondary N) is 2. The first-order valence-corrected chi connectivity index (χ1v) is 6.25. The monoisotopic (exact) mass is 254 g/mol. The van der Waals surface area contributed by atoms with Gasteiger partial charge in [-0.2, -0.15) is 5.10 Å². The number of nitrogens with zero attached hydrogens (tertiary/aromatic N) is 1. The number of nitrogens with two attached hydrogens (primary N) is 1. The van der Waals surface area contributed by atoms with Crippen molar-refractivity contribution in [2.24, 2.45) is 5.92 Å². The van der Waals surface area contributed by atoms with Gasteiger partial charge < -0.3 is 16.2 Å². The lowest BCUT2D eigenvalue weighted by molar-refractivity contribution is 0.0892. The first-order chi connectivity index (χ1) is 8.51. The van der Waals surface area contributed by atoms with Crippen molar-refractivity contribution in [2.75, 3.05) is 12.3 Å². The highest BCUT2D eigenvalue weighted by molar-refractivity contribution is 5.97. The number of aliphatic hydroxyl groups is 1. The van der Waals surface area contributed by atoms with Crippen LogP contribution in [-0.2, 0) is 6.42 Å². The number of anilines is 1. The molecule has 1 atom stereocenters. The van der Waals surface area contributed by atoms with Gasteiger partial charge in [-0.3, -0.25) is 9.89 Å². The van der Waals surface area contributed by atoms with Crippen molar-refractivity contribution in [3.63, 3.8) is 0 Å². The maximum Gasteiger partial charge on any atom is 0.274 e. The Labute approximate surface area is 107 Å². The highest BCUT2D eigenvalue weighted by Gasteiger charge is 2.21. The van der Waals surface area contributed by atoms with E-state index < -0.39 is 0 Å². The van der Waals surface area contributed by atoms with Crippen LogP contribution in [0.5, 0.6) is 0 Å². The van der Waals surface area contributed by atoms with Crippen LogP contribution in [0.4, 0.5) is 5.69 Å². The predicted molar refractivity (Wildman–Crippen MR) is 70.2 cm³/mol. The molecule has 1 amide bonds. The molecule has 0 aliphatic rings. The number of amides is 1. The smallest absolute Gasteiger partial charge is 0.274 e. The molecule has 102 valence electrons. The van der Waals surface area contributed by atoms with Crippen LogP contribution in [0, 0.1) is 5.92 Å². The third-order valence-electron chi connectivity index (χ3n) is 2.92. The molecule has 0 fully saturated rings. The van der Waals surface area contributed by atoms with E-state index in [-0.39, 0.29) is 30.2 Å². The molecular formula is C12H22N4O2. The molecule has 6 nitrogen and oxygen atoms in total. The van der Waals surface area contributed by atoms with Gasteiger partial charge in [0.25, 0.3) is 5.91 Å². The van der Waals surface area contributed by atoms with Crippen LogP contribution in [0.25, 0.3) is 0 Å². The van der Waals surface area contributed by atoms with Gasteiger partial charge in [0.15, 0.2) is 5.69 Å². The van der Waals surface area contributed by atoms with Crippen LogP contribution < -0.4 is 11.1 Å². The molecule has 0 saturated heterocycles. The zero-order chi connectivity index (χ0) is 13.7. The summed E-state index contributed by atoms with van der Waals surface area (Å²) in [6.07, 6.45) is 1.69. The summed E-state index contributed by atoms with van der Waals surface area (Å²) in [5.74, 6) is -0.201. The highest BCUT2D eigenvalue weighted by atomic mass is 16.3. The van der Waals surface area contributed by atoms with Crippen LogP contribution in [0.1, 0.15) is 43.4 Å². The molecule has 1 unspecified atom stereocenters. The van der Waals surface area contributed by atoms with Crippen molar-refractivity contribution in [1.29, 1.82) is 0 Å². The van der Waals surface area contributed by atoms with E-state index >= 15 is 0 Å². The Balaban J connectivity index is 2.78. The van der Waals surface area contributed by atoms with Gasteiger partial charge in [-0.15, -0.1) is 0 Å². The molecule has 5 N–H and O–H groups in total. The van der Waals surface area contributed by atoms with E-state index in [4.69, 9.17) is 5.73 Å². The molecule has 0 bridgehead atoms. The Morgan fingerprint density at radius 1 is 1.56 bits per heavy atom. The number of rotatable bonds is 6. The van der Waals surface area contributed by atoms with Crippen LogP contribution in [-0.4, -0.2) is 33.9 Å². The van der Waals surface area contributed by atoms with Gasteiger partial charge in [-0.05, 0) is 12.3 Å². The summed E-state index contributed by atoms with van der Waals surface area (Å²) >= 11 is 0. The number of carbonyl (C=O) groups excluding carboxylic acids is 1. The summed E-state index contributed by atoms with van der Waals surface area (Å²) in [6.45, 7) is 5.78. The number of aromatic nitrogens is 2. The molecule has 0 spiro atoms. The topological polar surface area (TPSA) is 104 Å². The maximum absolute atomic E-state index is 12.0. The van der Waals surface area contributed by atoms with Crippen molar-refractivity contribution in [3.8, 4) is 0 Å². The van der Waals surface area contributed by atoms with Gasteiger partial charge in [0.2, 0.25) is 0 Å². The molecule has 1 aromatic rings. The van der Waals surface area contributed by atoms with Gasteiger partial charge >= 0.3 is 0 Å². The number of aliphatic hydroxyl groups excluding tert-OH is 1. The SMILES string of the molecule is CCCc1[nH]nc(C(=O)NC(CO)C(C)C)c1N. The third-order valence-corrected chi connectivity index (χ3v) is 2.92. The zero-order valence-electron chi connectivity index (χ0n) is 11.2. The summed E-state index contributed by atoms with van der Waals surface area (Å²) < 4.78 is 0. The Hall–Kier alpha value is -1.56. The Morgan fingerprint density at radius 2 is 2.22 bits per heavy atom. The summed E-state index contributed by atoms with van der Waals surface area (Å²) in [6, 6.07) is -0.289. The van der Waals surface area contributed by atoms with Crippen LogP contribution >= 0.6 is 0 Å². The molecule has 0 radical (unpaired) electrons. The van der Waals surface area contributed by atoms with Crippen molar-refractivity contribution < 1.29 is 9.90 Å². The first-order valence-electron chi connectivity index (χ1n) is 6.25. The molecule has 0 saturated carbocycles. The molecule has 0 aromatic carbocycles. The van der Waals surface area contributed by atoms with Crippen molar-refractivity contribution >= 4 is 11.6 Å². The number of aromatic amines is 1. The molecule has 1 heterocycles. The average Bonchev–Trinajstić information content (AvgIpc) is 2.68. The van der Waals surface area contributed by atoms with Gasteiger partial charge in [0, 0.05) is 0 Å². The van der Waals surface area contributed by atoms with Gasteiger partial charge in [-0.1, -0.05) is 27.2 Å². The van der Waals surface area contributed by atoms with Gasteiger partial charge in [0.1, 0.15) is 0 Å². The minimum atomic E-state index is -0.348. The zero-order valence-corrected chi connectivity index (χ0v) is 11.2. The second kappa shape index (κ2) is 6.39. The van der Waals surface area contributed by atoms with Gasteiger partial charge in [-0.25, -0.2) is 0 Å². The van der Waals surface area contributed by atoms with Crippen molar-refractivity contribution in [3.05, 3.63) is 11.4 Å². The molecule has 0 aliphatic carbocycles. The second-order valence-corrected chi connectivity index (χ2v) is 4.72. The lowest BCUT2D eigenvalue weighted by Gasteiger charge is -2.19. The van der Waals surface area contributed by atoms with Crippen molar-refractivity contribution in [2.45, 2.75) is 39.7 Å². The van der Waals surface area contributed by atoms with Crippen LogP contribution in [0.15, 0.2) is 0 Å². The molecular weight excluding hydrogens is 232 g/mol. The summed E-state index contributed by atoms with van der Waals surface area (Å²) in [5.41, 5.74) is 7.26. The molecule has 1 rings (SSSR count). The number of hydrogen-bond acceptors (Lipinski definition) is 4. The number of carbonyl (C=O) groups is 1. The van der Waals surface area contributed by atoms with E-state index in [0.717, 1.165) is 18.5 Å². The highest BCUT2D eigenvalue weighted by Crippen LogP contribution is 2.16. The summed E-state index contributed by atoms with van der Waals surface area (Å²) in [4.78, 5) is 12.0. The Kier molecular flexibility index (Phi) is 5.15. The number of H-pyrrole nitrogens is 1. The van der Waals surface area contributed by atoms with E-state index in [1.54, 1.807) is 0 Å². The quantitative estimate of drug-likeness (QED) is 0.599. The third kappa shape index (κ3) is 3.22. The number of hydrogen-bond donors (Lipinski definition) is 4. The van der Waals surface area contributed by atoms with E-state index in [0.29, 0.717) is 5.69 Å². The number of nitrogen functional groups attached to an aromatic ring is 1. The van der Waals surface area contributed by atoms with E-state index in [9.17, 15) is 9.90 Å². The summed E-state index contributed by atoms with van der Waals surface area (Å²) in [5, 5.41) is 18.6. The van der Waals surface area contributed by atoms with E-state index in [2.05, 4.69) is 15.5 Å². The predicted octanol–water partition coefficient (Wildman–Crippen LogP) is 0.691. The minimum absolute atomic E-state index is 0.102. The fourth-order valence-corrected chi connectivity index (χ4v) is 1.66. The molecule has 6 heteroatoms. The fourth-order valence-electron chi connectivity index (χ4n) is 1.66. The second-order valence-electron chi connectivity index (χ2n) is 4.72. The number of aryl methyl sites for hydroxylation is 1.